The summed E-state index contributed by atoms with van der Waals surface area (Å²) in [5, 5.41) is 0. The van der Waals surface area contributed by atoms with E-state index in [1.165, 1.54) is 0 Å². The Hall–Kier alpha value is 0.344. The highest BCUT2D eigenvalue weighted by molar-refractivity contribution is 7.84. The van der Waals surface area contributed by atoms with Crippen LogP contribution in [0.3, 0.4) is 0 Å². The van der Waals surface area contributed by atoms with Gasteiger partial charge in [-0.25, -0.2) is 0 Å². The van der Waals surface area contributed by atoms with Gasteiger partial charge >= 0.3 is 17.6 Å². The molecule has 2 unspecified atom stereocenters. The van der Waals surface area contributed by atoms with Gasteiger partial charge in [-0.05, 0) is 25.7 Å². The van der Waals surface area contributed by atoms with E-state index in [9.17, 15) is 4.21 Å². The van der Waals surface area contributed by atoms with Gasteiger partial charge in [0.1, 0.15) is 0 Å². The Balaban J connectivity index is 3.90. The molecule has 2 atom stereocenters. The Bertz CT molecular complexity index is 394. The van der Waals surface area contributed by atoms with Crippen LogP contribution in [0.5, 0.6) is 0 Å². The molecule has 30 heavy (non-hydrogen) atoms. The van der Waals surface area contributed by atoms with Crippen molar-refractivity contribution in [3.63, 3.8) is 0 Å². The molecule has 7 nitrogen and oxygen atoms in total. The van der Waals surface area contributed by atoms with Crippen molar-refractivity contribution in [1.29, 1.82) is 0 Å². The van der Waals surface area contributed by atoms with E-state index in [1.807, 2.05) is 0 Å². The zero-order valence-corrected chi connectivity index (χ0v) is 23.3. The van der Waals surface area contributed by atoms with Crippen LogP contribution in [0.25, 0.3) is 0 Å². The minimum atomic E-state index is -2.54. The molecule has 0 aliphatic carbocycles. The molecular formula is C20H46O7SSi2. The fourth-order valence-corrected chi connectivity index (χ4v) is 9.73. The van der Waals surface area contributed by atoms with Crippen molar-refractivity contribution < 1.29 is 30.8 Å². The van der Waals surface area contributed by atoms with E-state index in [4.69, 9.17) is 26.6 Å². The maximum absolute atomic E-state index is 12.2. The molecule has 0 aromatic carbocycles. The number of rotatable bonds is 20. The lowest BCUT2D eigenvalue weighted by Crippen LogP contribution is -2.46. The second-order valence-corrected chi connectivity index (χ2v) is 16.3. The van der Waals surface area contributed by atoms with E-state index in [1.54, 1.807) is 42.7 Å². The molecular weight excluding hydrogens is 440 g/mol. The molecule has 10 heteroatoms. The Labute approximate surface area is 189 Å². The van der Waals surface area contributed by atoms with E-state index in [-0.39, 0.29) is 11.1 Å². The second-order valence-electron chi connectivity index (χ2n) is 7.78. The van der Waals surface area contributed by atoms with Crippen molar-refractivity contribution in [2.24, 2.45) is 0 Å². The third-order valence-corrected chi connectivity index (χ3v) is 13.8. The van der Waals surface area contributed by atoms with Crippen LogP contribution in [0.4, 0.5) is 0 Å². The molecule has 0 aliphatic rings. The van der Waals surface area contributed by atoms with Gasteiger partial charge in [0, 0.05) is 76.0 Å². The summed E-state index contributed by atoms with van der Waals surface area (Å²) in [7, 11) is 4.15. The lowest BCUT2D eigenvalue weighted by Gasteiger charge is -2.30. The summed E-state index contributed by atoms with van der Waals surface area (Å²) >= 11 is 0. The van der Waals surface area contributed by atoms with Crippen molar-refractivity contribution in [3.05, 3.63) is 0 Å². The molecule has 0 rings (SSSR count). The third kappa shape index (κ3) is 9.87. The van der Waals surface area contributed by atoms with Crippen molar-refractivity contribution in [1.82, 2.24) is 0 Å². The minimum absolute atomic E-state index is 0.265. The van der Waals surface area contributed by atoms with Gasteiger partial charge in [0.25, 0.3) is 0 Å². The first-order chi connectivity index (χ1) is 14.3. The summed E-state index contributed by atoms with van der Waals surface area (Å²) in [6, 6.07) is 0. The summed E-state index contributed by atoms with van der Waals surface area (Å²) in [4.78, 5) is 0. The fourth-order valence-electron chi connectivity index (χ4n) is 3.94. The van der Waals surface area contributed by atoms with Crippen molar-refractivity contribution in [3.8, 4) is 0 Å². The molecule has 0 fully saturated rings. The van der Waals surface area contributed by atoms with Crippen molar-refractivity contribution in [2.75, 3.05) is 54.2 Å². The predicted octanol–water partition coefficient (Wildman–Crippen LogP) is 4.39. The first kappa shape index (κ1) is 30.3. The summed E-state index contributed by atoms with van der Waals surface area (Å²) in [6.45, 7) is 4.25. The average Bonchev–Trinajstić information content (AvgIpc) is 2.76. The van der Waals surface area contributed by atoms with E-state index in [0.717, 1.165) is 62.9 Å². The lowest BCUT2D eigenvalue weighted by atomic mass is 10.2. The zero-order valence-electron chi connectivity index (χ0n) is 20.5. The number of unbranched alkanes of at least 4 members (excludes halogenated alkanes) is 4. The van der Waals surface area contributed by atoms with Crippen LogP contribution in [0.15, 0.2) is 0 Å². The third-order valence-electron chi connectivity index (χ3n) is 5.93. The molecule has 0 amide bonds. The van der Waals surface area contributed by atoms with Gasteiger partial charge in [-0.2, -0.15) is 0 Å². The molecule has 0 aromatic heterocycles. The summed E-state index contributed by atoms with van der Waals surface area (Å²) in [5.41, 5.74) is 0.531. The SMILES string of the molecule is CO[Si](OC)(OC)C(C)CCCCCS(=O)CCCCCC(C)[Si](OC)(OC)OC. The maximum Gasteiger partial charge on any atom is 0.503 e. The highest BCUT2D eigenvalue weighted by atomic mass is 32.2. The van der Waals surface area contributed by atoms with Crippen LogP contribution >= 0.6 is 0 Å². The van der Waals surface area contributed by atoms with Gasteiger partial charge in [-0.15, -0.1) is 0 Å². The smallest absolute Gasteiger partial charge is 0.377 e. The van der Waals surface area contributed by atoms with Crippen LogP contribution in [-0.2, 0) is 37.4 Å². The van der Waals surface area contributed by atoms with Crippen LogP contribution < -0.4 is 0 Å². The van der Waals surface area contributed by atoms with Gasteiger partial charge in [-0.1, -0.05) is 39.5 Å². The predicted molar refractivity (Wildman–Crippen MR) is 127 cm³/mol. The van der Waals surface area contributed by atoms with Gasteiger partial charge in [-0.3, -0.25) is 4.21 Å². The molecule has 0 radical (unpaired) electrons. The van der Waals surface area contributed by atoms with E-state index >= 15 is 0 Å². The van der Waals surface area contributed by atoms with Crippen molar-refractivity contribution in [2.45, 2.75) is 76.3 Å². The molecule has 182 valence electrons. The molecule has 0 bridgehead atoms. The average molecular weight is 487 g/mol. The van der Waals surface area contributed by atoms with Crippen LogP contribution in [0.1, 0.15) is 65.2 Å². The number of hydrogen-bond donors (Lipinski definition) is 0. The molecule has 0 heterocycles. The Morgan fingerprint density at radius 1 is 0.567 bits per heavy atom. The van der Waals surface area contributed by atoms with E-state index < -0.39 is 28.4 Å². The number of hydrogen-bond acceptors (Lipinski definition) is 7. The molecule has 0 saturated carbocycles. The Morgan fingerprint density at radius 2 is 0.867 bits per heavy atom. The van der Waals surface area contributed by atoms with Gasteiger partial charge in [0.05, 0.1) is 0 Å². The van der Waals surface area contributed by atoms with Gasteiger partial charge in [0.15, 0.2) is 0 Å². The summed E-state index contributed by atoms with van der Waals surface area (Å²) in [6.07, 6.45) is 8.31. The highest BCUT2D eigenvalue weighted by Crippen LogP contribution is 2.30. The topological polar surface area (TPSA) is 72.5 Å². The quantitative estimate of drug-likeness (QED) is 0.187. The largest absolute Gasteiger partial charge is 0.503 e. The second kappa shape index (κ2) is 16.9. The molecule has 0 aromatic rings. The summed E-state index contributed by atoms with van der Waals surface area (Å²) < 4.78 is 45.5. The van der Waals surface area contributed by atoms with Gasteiger partial charge < -0.3 is 26.6 Å². The summed E-state index contributed by atoms with van der Waals surface area (Å²) in [5.74, 6) is 1.58. The van der Waals surface area contributed by atoms with Crippen LogP contribution in [0.2, 0.25) is 11.1 Å². The molecule has 0 saturated heterocycles. The minimum Gasteiger partial charge on any atom is -0.377 e. The highest BCUT2D eigenvalue weighted by Gasteiger charge is 2.44. The first-order valence-electron chi connectivity index (χ1n) is 11.0. The Morgan fingerprint density at radius 3 is 1.13 bits per heavy atom. The first-order valence-corrected chi connectivity index (χ1v) is 16.1. The maximum atomic E-state index is 12.2. The molecule has 0 spiro atoms. The molecule has 0 aliphatic heterocycles. The fraction of sp³-hybridized carbons (Fsp3) is 1.00. The van der Waals surface area contributed by atoms with Gasteiger partial charge in [0.2, 0.25) is 0 Å². The van der Waals surface area contributed by atoms with E-state index in [2.05, 4.69) is 13.8 Å². The molecule has 0 N–H and O–H groups in total. The van der Waals surface area contributed by atoms with E-state index in [0.29, 0.717) is 0 Å². The van der Waals surface area contributed by atoms with Crippen molar-refractivity contribution >= 4 is 28.4 Å². The van der Waals surface area contributed by atoms with Crippen LogP contribution in [0, 0.1) is 0 Å². The normalized spacial score (nSPS) is 15.9. The van der Waals surface area contributed by atoms with Crippen LogP contribution in [-0.4, -0.2) is 76.0 Å². The standard InChI is InChI=1S/C20H46O7SSi2/c1-19(29(22-3,23-4)24-5)15-11-9-13-17-28(21)18-14-10-12-16-20(2)30(25-6,26-7)27-8/h19-20H,9-18H2,1-8H3. The lowest BCUT2D eigenvalue weighted by molar-refractivity contribution is 0.111. The zero-order chi connectivity index (χ0) is 23.0. The Kier molecular flexibility index (Phi) is 17.1. The monoisotopic (exact) mass is 486 g/mol.